The molecule has 0 spiro atoms. The normalized spacial score (nSPS) is 12.3. The van der Waals surface area contributed by atoms with Crippen LogP contribution in [0.3, 0.4) is 0 Å². The van der Waals surface area contributed by atoms with Crippen molar-refractivity contribution in [3.05, 3.63) is 443 Å². The van der Waals surface area contributed by atoms with Crippen LogP contribution in [-0.4, -0.2) is 43.6 Å². The van der Waals surface area contributed by atoms with Gasteiger partial charge < -0.3 is 17.7 Å². The van der Waals surface area contributed by atoms with Crippen molar-refractivity contribution in [3.63, 3.8) is 0 Å². The Bertz CT molecular complexity index is 11900. The molecule has 0 amide bonds. The monoisotopic (exact) mass is 1940 g/mol. The molecule has 23 aromatic carbocycles. The molecule has 35 rings (SSSR count). The first-order valence-corrected chi connectivity index (χ1v) is 51.7. The number of fused-ring (bicyclic) bond motifs is 43. The first-order valence-electron chi connectivity index (χ1n) is 50.1. The number of benzene rings is 23. The summed E-state index contributed by atoms with van der Waals surface area (Å²) in [5.74, 6) is 1.89. The fraction of sp³-hybridized carbons (Fsp3) is 0. The Morgan fingerprint density at radius 2 is 0.517 bits per heavy atom. The van der Waals surface area contributed by atoms with Crippen LogP contribution in [0.25, 0.3) is 332 Å². The van der Waals surface area contributed by atoms with Crippen LogP contribution >= 0.6 is 22.7 Å². The Morgan fingerprint density at radius 1 is 0.174 bits per heavy atom. The second-order valence-corrected chi connectivity index (χ2v) is 40.8. The minimum atomic E-state index is 0.582. The Balaban J connectivity index is 0.0000000971. The maximum absolute atomic E-state index is 6.77. The van der Waals surface area contributed by atoms with Crippen LogP contribution < -0.4 is 0 Å². The minimum Gasteiger partial charge on any atom is -0.456 e. The molecule has 13 nitrogen and oxygen atoms in total. The highest BCUT2D eigenvalue weighted by molar-refractivity contribution is 7.26. The Hall–Kier alpha value is -19.6. The average Bonchev–Trinajstić information content (AvgIpc) is 1.56. The van der Waals surface area contributed by atoms with E-state index in [2.05, 4.69) is 432 Å². The van der Waals surface area contributed by atoms with Crippen molar-refractivity contribution in [2.24, 2.45) is 0 Å². The molecule has 0 saturated heterocycles. The van der Waals surface area contributed by atoms with Crippen LogP contribution in [0.15, 0.2) is 461 Å². The second-order valence-electron chi connectivity index (χ2n) is 38.7. The number of hydrogen-bond acceptors (Lipinski definition) is 12. The summed E-state index contributed by atoms with van der Waals surface area (Å²) in [6.07, 6.45) is 0. The zero-order valence-electron chi connectivity index (χ0n) is 79.1. The van der Waals surface area contributed by atoms with Crippen LogP contribution in [0, 0.1) is 0 Å². The fourth-order valence-electron chi connectivity index (χ4n) is 24.3. The summed E-state index contributed by atoms with van der Waals surface area (Å²) in [4.78, 5) is 32.7. The molecule has 35 aromatic rings. The van der Waals surface area contributed by atoms with Gasteiger partial charge in [-0.25, -0.2) is 29.9 Å². The molecular weight excluding hydrogens is 1860 g/mol. The summed E-state index contributed by atoms with van der Waals surface area (Å²) < 4.78 is 37.7. The summed E-state index contributed by atoms with van der Waals surface area (Å²) in [6, 6.07) is 156. The van der Waals surface area contributed by atoms with Crippen molar-refractivity contribution in [1.82, 2.24) is 43.6 Å². The predicted octanol–water partition coefficient (Wildman–Crippen LogP) is 37.3. The van der Waals surface area contributed by atoms with Gasteiger partial charge in [-0.1, -0.05) is 334 Å². The van der Waals surface area contributed by atoms with Crippen LogP contribution in [0.1, 0.15) is 0 Å². The lowest BCUT2D eigenvalue weighted by Crippen LogP contribution is -2.03. The molecule has 15 heteroatoms. The van der Waals surface area contributed by atoms with Gasteiger partial charge in [0.15, 0.2) is 5.58 Å². The van der Waals surface area contributed by atoms with E-state index < -0.39 is 0 Å². The maximum atomic E-state index is 6.77. The van der Waals surface area contributed by atoms with E-state index in [1.54, 1.807) is 22.7 Å². The van der Waals surface area contributed by atoms with Gasteiger partial charge in [0.05, 0.1) is 64.9 Å². The lowest BCUT2D eigenvalue weighted by Gasteiger charge is -2.12. The molecule has 0 radical (unpaired) electrons. The standard InChI is InChI=1S/2C46H25N3OS.C42H23N3O2/c1-4-14-29-26(11-1)21-23-35-40(29)41-30-15-5-2-12-27(30)22-24-36(41)49(35)46-47-42-33-18-8-10-20-38(33)51-45(42)43(48-46)34-25-28-13-3-6-16-31(28)39-32-17-7-9-19-37(32)50-44(34)39;1-4-12-30-28(11-1)19-24-38-40(30)34-25-29(20-23-37(34)50-38)43-45-44(33-15-7-8-16-39(33)51-45)48-46(47-43)49-35-21-17-26-9-2-5-13-31(26)41(35)42-32-14-6-3-10-27(32)18-22-36(42)49;1-3-12-26-24(10-1)20-22-33-36(26)28-14-5-7-18-32(28)45(33)42-43-38-29-15-6-8-19-34(29)46-41(38)39(44-42)31-17-9-16-30-37-27-13-4-2-11-25(27)21-23-35(37)47-40(30)31/h2*1-25H;1-23H. The number of thiophene rings is 2. The Morgan fingerprint density at radius 3 is 1.04 bits per heavy atom. The number of rotatable bonds is 6. The molecule has 0 N–H and O–H groups in total. The van der Waals surface area contributed by atoms with Crippen molar-refractivity contribution < 1.29 is 17.7 Å². The van der Waals surface area contributed by atoms with E-state index in [0.29, 0.717) is 29.1 Å². The van der Waals surface area contributed by atoms with Gasteiger partial charge in [0.25, 0.3) is 0 Å². The van der Waals surface area contributed by atoms with Gasteiger partial charge >= 0.3 is 0 Å². The van der Waals surface area contributed by atoms with Crippen LogP contribution in [0.5, 0.6) is 0 Å². The van der Waals surface area contributed by atoms with E-state index in [9.17, 15) is 0 Å². The summed E-state index contributed by atoms with van der Waals surface area (Å²) >= 11 is 3.50. The SMILES string of the molecule is c1ccc2c(c1)cc(-c1nc(-n3c4ccc5ccccc5c4c4c5ccccc5ccc43)nc3c1sc1ccccc13)c1oc3ccccc3c12.c1ccc2c(c1)ccc1oc3c(-c4nc(-n5c6ccccc6c6c7ccccc7ccc65)nc5c4oc4ccccc45)cccc3c12.c1ccc2c(c1)ccc1oc3ccc(-c4nc(-n5c6ccc7ccccc7c6c6c7ccccc7ccc65)nc5c4sc4ccccc45)cc3c12. The van der Waals surface area contributed by atoms with Gasteiger partial charge in [-0.2, -0.15) is 0 Å². The molecule has 149 heavy (non-hydrogen) atoms. The van der Waals surface area contributed by atoms with Gasteiger partial charge in [0, 0.05) is 107 Å². The predicted molar refractivity (Wildman–Crippen MR) is 620 cm³/mol. The van der Waals surface area contributed by atoms with E-state index >= 15 is 0 Å². The minimum absolute atomic E-state index is 0.582. The van der Waals surface area contributed by atoms with E-state index in [-0.39, 0.29) is 0 Å². The molecule has 12 heterocycles. The lowest BCUT2D eigenvalue weighted by atomic mass is 9.98. The van der Waals surface area contributed by atoms with Crippen molar-refractivity contribution in [2.75, 3.05) is 0 Å². The van der Waals surface area contributed by atoms with E-state index in [1.165, 1.54) is 112 Å². The average molecular weight is 1940 g/mol. The number of nitrogens with zero attached hydrogens (tertiary/aromatic N) is 9. The van der Waals surface area contributed by atoms with Gasteiger partial charge in [-0.15, -0.1) is 22.7 Å². The summed E-state index contributed by atoms with van der Waals surface area (Å²) in [5.41, 5.74) is 21.0. The third kappa shape index (κ3) is 12.0. The van der Waals surface area contributed by atoms with Crippen molar-refractivity contribution in [3.8, 4) is 51.6 Å². The number of para-hydroxylation sites is 4. The van der Waals surface area contributed by atoms with Crippen LogP contribution in [0.4, 0.5) is 0 Å². The maximum Gasteiger partial charge on any atom is 0.236 e. The van der Waals surface area contributed by atoms with Crippen LogP contribution in [-0.2, 0) is 0 Å². The van der Waals surface area contributed by atoms with Gasteiger partial charge in [-0.05, 0) is 195 Å². The van der Waals surface area contributed by atoms with Gasteiger partial charge in [0.1, 0.15) is 50.3 Å². The molecule has 0 fully saturated rings. The third-order valence-corrected chi connectivity index (χ3v) is 33.1. The van der Waals surface area contributed by atoms with E-state index in [0.717, 1.165) is 191 Å². The topological polar surface area (TPSA) is 145 Å². The Kier molecular flexibility index (Phi) is 17.3. The molecule has 0 saturated carbocycles. The molecule has 0 aliphatic rings. The van der Waals surface area contributed by atoms with Gasteiger partial charge in [-0.3, -0.25) is 13.7 Å². The zero-order valence-corrected chi connectivity index (χ0v) is 80.8. The van der Waals surface area contributed by atoms with Crippen molar-refractivity contribution >= 4 is 303 Å². The van der Waals surface area contributed by atoms with E-state index in [4.69, 9.17) is 47.6 Å². The molecular formula is C134H73N9O4S2. The molecule has 0 atom stereocenters. The quantitative estimate of drug-likeness (QED) is 0.158. The van der Waals surface area contributed by atoms with E-state index in [1.807, 2.05) is 24.3 Å². The van der Waals surface area contributed by atoms with Crippen molar-refractivity contribution in [1.29, 1.82) is 0 Å². The highest BCUT2D eigenvalue weighted by atomic mass is 32.1. The summed E-state index contributed by atoms with van der Waals surface area (Å²) in [6.45, 7) is 0. The van der Waals surface area contributed by atoms with Crippen LogP contribution in [0.2, 0.25) is 0 Å². The smallest absolute Gasteiger partial charge is 0.236 e. The second kappa shape index (κ2) is 31.5. The largest absolute Gasteiger partial charge is 0.456 e. The highest BCUT2D eigenvalue weighted by Crippen LogP contribution is 2.52. The Labute approximate surface area is 852 Å². The van der Waals surface area contributed by atoms with Gasteiger partial charge in [0.2, 0.25) is 17.8 Å². The lowest BCUT2D eigenvalue weighted by molar-refractivity contribution is 0.662. The number of furan rings is 4. The third-order valence-electron chi connectivity index (χ3n) is 30.8. The summed E-state index contributed by atoms with van der Waals surface area (Å²) in [7, 11) is 0. The zero-order chi connectivity index (χ0) is 97.1. The fourth-order valence-corrected chi connectivity index (χ4v) is 26.6. The number of aromatic nitrogens is 9. The molecule has 12 aromatic heterocycles. The molecule has 0 aliphatic carbocycles. The molecule has 0 aliphatic heterocycles. The first-order chi connectivity index (χ1) is 73.9. The summed E-state index contributed by atoms with van der Waals surface area (Å²) in [5, 5.41) is 36.2. The molecule has 0 bridgehead atoms. The molecule has 0 unspecified atom stereocenters. The first kappa shape index (κ1) is 81.9. The highest BCUT2D eigenvalue weighted by Gasteiger charge is 2.31. The molecule has 690 valence electrons. The number of hydrogen-bond donors (Lipinski definition) is 0. The van der Waals surface area contributed by atoms with Crippen molar-refractivity contribution in [2.45, 2.75) is 0 Å².